The second-order valence-corrected chi connectivity index (χ2v) is 5.77. The zero-order valence-electron chi connectivity index (χ0n) is 10.2. The summed E-state index contributed by atoms with van der Waals surface area (Å²) in [6.45, 7) is 1.93. The number of ether oxygens (including phenoxy) is 1. The summed E-state index contributed by atoms with van der Waals surface area (Å²) >= 11 is 15.5. The maximum atomic E-state index is 6.08. The van der Waals surface area contributed by atoms with Crippen LogP contribution in [0.1, 0.15) is 18.5 Å². The average molecular weight is 361 g/mol. The molecule has 0 fully saturated rings. The number of halogens is 3. The van der Waals surface area contributed by atoms with Crippen molar-refractivity contribution in [2.24, 2.45) is 5.73 Å². The molecular formula is C14H12BrCl2NO. The molecule has 19 heavy (non-hydrogen) atoms. The minimum atomic E-state index is -0.0433. The van der Waals surface area contributed by atoms with E-state index in [1.807, 2.05) is 25.1 Å². The van der Waals surface area contributed by atoms with Gasteiger partial charge in [-0.25, -0.2) is 0 Å². The van der Waals surface area contributed by atoms with Gasteiger partial charge in [0, 0.05) is 10.5 Å². The zero-order valence-corrected chi connectivity index (χ0v) is 13.3. The first-order valence-electron chi connectivity index (χ1n) is 5.66. The van der Waals surface area contributed by atoms with Crippen molar-refractivity contribution >= 4 is 39.1 Å². The molecule has 0 aliphatic rings. The van der Waals surface area contributed by atoms with E-state index < -0.39 is 0 Å². The topological polar surface area (TPSA) is 35.2 Å². The molecular weight excluding hydrogens is 349 g/mol. The number of hydrogen-bond acceptors (Lipinski definition) is 2. The maximum Gasteiger partial charge on any atom is 0.147 e. The Hall–Kier alpha value is -0.740. The lowest BCUT2D eigenvalue weighted by Crippen LogP contribution is -2.05. The van der Waals surface area contributed by atoms with Crippen LogP contribution in [-0.4, -0.2) is 0 Å². The Morgan fingerprint density at radius 3 is 2.58 bits per heavy atom. The molecule has 0 spiro atoms. The Bertz CT molecular complexity index is 602. The van der Waals surface area contributed by atoms with Crippen LogP contribution in [0.3, 0.4) is 0 Å². The lowest BCUT2D eigenvalue weighted by molar-refractivity contribution is 0.482. The van der Waals surface area contributed by atoms with Gasteiger partial charge < -0.3 is 10.5 Å². The van der Waals surface area contributed by atoms with Crippen molar-refractivity contribution in [3.63, 3.8) is 0 Å². The summed E-state index contributed by atoms with van der Waals surface area (Å²) in [6.07, 6.45) is 0. The fourth-order valence-corrected chi connectivity index (χ4v) is 2.68. The van der Waals surface area contributed by atoms with Crippen LogP contribution < -0.4 is 10.5 Å². The van der Waals surface area contributed by atoms with Gasteiger partial charge in [-0.1, -0.05) is 51.3 Å². The lowest BCUT2D eigenvalue weighted by atomic mass is 10.1. The summed E-state index contributed by atoms with van der Waals surface area (Å²) in [5.74, 6) is 1.19. The Labute approximate surface area is 130 Å². The fraction of sp³-hybridized carbons (Fsp3) is 0.143. The molecule has 0 saturated carbocycles. The van der Waals surface area contributed by atoms with E-state index in [1.54, 1.807) is 18.2 Å². The minimum absolute atomic E-state index is 0.0433. The molecule has 5 heteroatoms. The maximum absolute atomic E-state index is 6.08. The van der Waals surface area contributed by atoms with Crippen LogP contribution in [0.5, 0.6) is 11.5 Å². The van der Waals surface area contributed by atoms with Crippen molar-refractivity contribution in [3.8, 4) is 11.5 Å². The average Bonchev–Trinajstić information content (AvgIpc) is 2.34. The molecule has 100 valence electrons. The quantitative estimate of drug-likeness (QED) is 0.776. The van der Waals surface area contributed by atoms with E-state index >= 15 is 0 Å². The van der Waals surface area contributed by atoms with E-state index in [0.29, 0.717) is 21.5 Å². The molecule has 0 aromatic heterocycles. The van der Waals surface area contributed by atoms with Crippen molar-refractivity contribution in [3.05, 3.63) is 56.5 Å². The highest BCUT2D eigenvalue weighted by Gasteiger charge is 2.09. The van der Waals surface area contributed by atoms with Crippen LogP contribution in [-0.2, 0) is 0 Å². The second-order valence-electron chi connectivity index (χ2n) is 4.13. The molecule has 0 amide bonds. The number of benzene rings is 2. The van der Waals surface area contributed by atoms with Crippen LogP contribution >= 0.6 is 39.1 Å². The fourth-order valence-electron chi connectivity index (χ4n) is 1.63. The minimum Gasteiger partial charge on any atom is -0.456 e. The standard InChI is InChI=1S/C14H12BrCl2NO/c1-8(18)10-6-5-9(7-11(10)15)19-13-4-2-3-12(16)14(13)17/h2-8H,18H2,1H3. The zero-order chi connectivity index (χ0) is 14.0. The molecule has 0 aliphatic carbocycles. The molecule has 0 heterocycles. The molecule has 0 saturated heterocycles. The van der Waals surface area contributed by atoms with E-state index in [1.165, 1.54) is 0 Å². The monoisotopic (exact) mass is 359 g/mol. The summed E-state index contributed by atoms with van der Waals surface area (Å²) in [4.78, 5) is 0. The highest BCUT2D eigenvalue weighted by molar-refractivity contribution is 9.10. The van der Waals surface area contributed by atoms with Crippen LogP contribution in [0.25, 0.3) is 0 Å². The molecule has 2 rings (SSSR count). The smallest absolute Gasteiger partial charge is 0.147 e. The third-order valence-electron chi connectivity index (χ3n) is 2.61. The normalized spacial score (nSPS) is 12.3. The number of rotatable bonds is 3. The Morgan fingerprint density at radius 2 is 1.95 bits per heavy atom. The van der Waals surface area contributed by atoms with Crippen molar-refractivity contribution in [2.75, 3.05) is 0 Å². The van der Waals surface area contributed by atoms with Crippen LogP contribution in [0.2, 0.25) is 10.0 Å². The van der Waals surface area contributed by atoms with Crippen molar-refractivity contribution in [1.82, 2.24) is 0 Å². The van der Waals surface area contributed by atoms with Gasteiger partial charge in [-0.3, -0.25) is 0 Å². The second kappa shape index (κ2) is 6.14. The van der Waals surface area contributed by atoms with Crippen LogP contribution in [0, 0.1) is 0 Å². The summed E-state index contributed by atoms with van der Waals surface area (Å²) in [6, 6.07) is 10.8. The van der Waals surface area contributed by atoms with Gasteiger partial charge in [0.05, 0.1) is 5.02 Å². The summed E-state index contributed by atoms with van der Waals surface area (Å²) in [5, 5.41) is 0.863. The van der Waals surface area contributed by atoms with Gasteiger partial charge in [0.15, 0.2) is 0 Å². The summed E-state index contributed by atoms with van der Waals surface area (Å²) < 4.78 is 6.62. The van der Waals surface area contributed by atoms with Gasteiger partial charge >= 0.3 is 0 Å². The number of hydrogen-bond donors (Lipinski definition) is 1. The van der Waals surface area contributed by atoms with Gasteiger partial charge in [-0.15, -0.1) is 0 Å². The van der Waals surface area contributed by atoms with E-state index in [9.17, 15) is 0 Å². The predicted octanol–water partition coefficient (Wildman–Crippen LogP) is 5.57. The van der Waals surface area contributed by atoms with Gasteiger partial charge in [0.25, 0.3) is 0 Å². The molecule has 2 aromatic carbocycles. The molecule has 1 unspecified atom stereocenters. The molecule has 0 aliphatic heterocycles. The van der Waals surface area contributed by atoms with Crippen molar-refractivity contribution < 1.29 is 4.74 Å². The highest BCUT2D eigenvalue weighted by Crippen LogP contribution is 2.36. The summed E-state index contributed by atoms with van der Waals surface area (Å²) in [7, 11) is 0. The SMILES string of the molecule is CC(N)c1ccc(Oc2cccc(Cl)c2Cl)cc1Br. The molecule has 0 bridgehead atoms. The van der Waals surface area contributed by atoms with Gasteiger partial charge in [-0.05, 0) is 36.8 Å². The van der Waals surface area contributed by atoms with E-state index in [0.717, 1.165) is 10.0 Å². The predicted molar refractivity (Wildman–Crippen MR) is 83.3 cm³/mol. The van der Waals surface area contributed by atoms with Crippen molar-refractivity contribution in [1.29, 1.82) is 0 Å². The Balaban J connectivity index is 2.29. The Morgan fingerprint density at radius 1 is 1.21 bits per heavy atom. The summed E-state index contributed by atoms with van der Waals surface area (Å²) in [5.41, 5.74) is 6.87. The number of nitrogens with two attached hydrogens (primary N) is 1. The third kappa shape index (κ3) is 3.42. The van der Waals surface area contributed by atoms with E-state index in [-0.39, 0.29) is 6.04 Å². The molecule has 2 aromatic rings. The van der Waals surface area contributed by atoms with Gasteiger partial charge in [0.2, 0.25) is 0 Å². The Kier molecular flexibility index (Phi) is 4.74. The molecule has 2 N–H and O–H groups in total. The van der Waals surface area contributed by atoms with Crippen LogP contribution in [0.4, 0.5) is 0 Å². The van der Waals surface area contributed by atoms with Gasteiger partial charge in [0.1, 0.15) is 16.5 Å². The molecule has 1 atom stereocenters. The van der Waals surface area contributed by atoms with E-state index in [2.05, 4.69) is 15.9 Å². The lowest BCUT2D eigenvalue weighted by Gasteiger charge is -2.12. The van der Waals surface area contributed by atoms with Crippen LogP contribution in [0.15, 0.2) is 40.9 Å². The first-order valence-corrected chi connectivity index (χ1v) is 7.21. The third-order valence-corrected chi connectivity index (χ3v) is 4.09. The largest absolute Gasteiger partial charge is 0.456 e. The highest BCUT2D eigenvalue weighted by atomic mass is 79.9. The van der Waals surface area contributed by atoms with Crippen molar-refractivity contribution in [2.45, 2.75) is 13.0 Å². The van der Waals surface area contributed by atoms with E-state index in [4.69, 9.17) is 33.7 Å². The molecule has 2 nitrogen and oxygen atoms in total. The molecule has 0 radical (unpaired) electrons. The first-order chi connectivity index (χ1) is 8.99. The first kappa shape index (κ1) is 14.7. The van der Waals surface area contributed by atoms with Gasteiger partial charge in [-0.2, -0.15) is 0 Å².